The number of hydrogen-bond acceptors (Lipinski definition) is 3. The van der Waals surface area contributed by atoms with E-state index >= 15 is 0 Å². The van der Waals surface area contributed by atoms with Crippen molar-refractivity contribution in [3.05, 3.63) is 28.3 Å². The fourth-order valence-electron chi connectivity index (χ4n) is 3.87. The van der Waals surface area contributed by atoms with Gasteiger partial charge in [-0.05, 0) is 49.9 Å². The van der Waals surface area contributed by atoms with Crippen LogP contribution in [0.25, 0.3) is 0 Å². The van der Waals surface area contributed by atoms with Gasteiger partial charge in [0.05, 0.1) is 12.6 Å². The van der Waals surface area contributed by atoms with Crippen LogP contribution in [0.15, 0.2) is 6.07 Å². The van der Waals surface area contributed by atoms with Crippen LogP contribution in [0, 0.1) is 20.8 Å². The van der Waals surface area contributed by atoms with Gasteiger partial charge in [0.25, 0.3) is 0 Å². The van der Waals surface area contributed by atoms with Gasteiger partial charge >= 0.3 is 29.6 Å². The molecule has 0 heterocycles. The molecule has 0 aliphatic rings. The molecule has 0 bridgehead atoms. The predicted molar refractivity (Wildman–Crippen MR) is 121 cm³/mol. The number of ether oxygens (including phenoxy) is 1. The van der Waals surface area contributed by atoms with Crippen molar-refractivity contribution < 1.29 is 44.2 Å². The van der Waals surface area contributed by atoms with Gasteiger partial charge < -0.3 is 14.6 Å². The van der Waals surface area contributed by atoms with Gasteiger partial charge in [-0.15, -0.1) is 0 Å². The van der Waals surface area contributed by atoms with Crippen LogP contribution in [-0.4, -0.2) is 12.6 Å². The number of carboxylic acid groups (broad SMARTS) is 1. The summed E-state index contributed by atoms with van der Waals surface area (Å²) in [5.41, 5.74) is 3.14. The van der Waals surface area contributed by atoms with Crippen LogP contribution in [-0.2, 0) is 0 Å². The van der Waals surface area contributed by atoms with Crippen molar-refractivity contribution in [3.63, 3.8) is 0 Å². The summed E-state index contributed by atoms with van der Waals surface area (Å²) < 4.78 is 5.85. The molecule has 1 aromatic rings. The second kappa shape index (κ2) is 18.1. The van der Waals surface area contributed by atoms with E-state index in [-0.39, 0.29) is 35.1 Å². The van der Waals surface area contributed by atoms with Gasteiger partial charge in [-0.1, -0.05) is 90.4 Å². The van der Waals surface area contributed by atoms with Gasteiger partial charge in [0.1, 0.15) is 5.75 Å². The van der Waals surface area contributed by atoms with Gasteiger partial charge in [0, 0.05) is 5.56 Å². The Morgan fingerprint density at radius 1 is 0.767 bits per heavy atom. The zero-order valence-electron chi connectivity index (χ0n) is 20.4. The molecule has 166 valence electrons. The maximum atomic E-state index is 11.4. The Bertz CT molecular complexity index is 598. The van der Waals surface area contributed by atoms with Crippen LogP contribution in [0.4, 0.5) is 0 Å². The molecule has 0 aliphatic heterocycles. The summed E-state index contributed by atoms with van der Waals surface area (Å²) in [5, 5.41) is 11.4. The Balaban J connectivity index is 0.00000841. The Hall–Kier alpha value is -0.510. The van der Waals surface area contributed by atoms with E-state index in [9.17, 15) is 9.90 Å². The third kappa shape index (κ3) is 11.8. The average Bonchev–Trinajstić information content (AvgIpc) is 2.70. The first-order valence-corrected chi connectivity index (χ1v) is 11.9. The molecule has 0 fully saturated rings. The summed E-state index contributed by atoms with van der Waals surface area (Å²) in [5.74, 6) is -0.671. The molecule has 0 atom stereocenters. The summed E-state index contributed by atoms with van der Waals surface area (Å²) in [4.78, 5) is 11.4. The number of rotatable bonds is 17. The van der Waals surface area contributed by atoms with Crippen LogP contribution in [0.1, 0.15) is 124 Å². The van der Waals surface area contributed by atoms with E-state index in [1.807, 2.05) is 20.8 Å². The monoisotopic (exact) mass is 426 g/mol. The van der Waals surface area contributed by atoms with Crippen LogP contribution in [0.3, 0.4) is 0 Å². The van der Waals surface area contributed by atoms with E-state index in [0.29, 0.717) is 12.4 Å². The van der Waals surface area contributed by atoms with E-state index in [2.05, 4.69) is 6.92 Å². The first-order valence-electron chi connectivity index (χ1n) is 11.9. The first kappa shape index (κ1) is 29.5. The standard InChI is InChI=1S/C26H44O3.Na/c1-5-6-7-8-9-10-11-12-13-14-15-16-17-18-19-29-25-23(4)22(3)21(2)20-24(25)26(27)28;/h20H,5-19H2,1-4H3,(H,27,28);/q;+1/p-1. The molecule has 0 saturated carbocycles. The Morgan fingerprint density at radius 2 is 1.20 bits per heavy atom. The van der Waals surface area contributed by atoms with Gasteiger partial charge in [-0.2, -0.15) is 0 Å². The number of carboxylic acids is 1. The number of unbranched alkanes of at least 4 members (excludes halogenated alkanes) is 13. The van der Waals surface area contributed by atoms with E-state index < -0.39 is 5.97 Å². The second-order valence-electron chi connectivity index (χ2n) is 8.55. The first-order chi connectivity index (χ1) is 14.0. The summed E-state index contributed by atoms with van der Waals surface area (Å²) in [6.07, 6.45) is 18.5. The van der Waals surface area contributed by atoms with Crippen molar-refractivity contribution in [1.29, 1.82) is 0 Å². The van der Waals surface area contributed by atoms with E-state index in [4.69, 9.17) is 4.74 Å². The molecule has 3 nitrogen and oxygen atoms in total. The van der Waals surface area contributed by atoms with E-state index in [1.54, 1.807) is 6.07 Å². The van der Waals surface area contributed by atoms with Crippen molar-refractivity contribution in [2.45, 2.75) is 118 Å². The zero-order chi connectivity index (χ0) is 21.5. The topological polar surface area (TPSA) is 49.4 Å². The van der Waals surface area contributed by atoms with Gasteiger partial charge in [-0.3, -0.25) is 0 Å². The second-order valence-corrected chi connectivity index (χ2v) is 8.55. The molecule has 0 spiro atoms. The molecular weight excluding hydrogens is 383 g/mol. The molecule has 0 N–H and O–H groups in total. The molecule has 4 heteroatoms. The summed E-state index contributed by atoms with van der Waals surface area (Å²) in [7, 11) is 0. The molecule has 0 unspecified atom stereocenters. The SMILES string of the molecule is CCCCCCCCCCCCCCCCOc1c(C(=O)[O-])cc(C)c(C)c1C.[Na+]. The minimum Gasteiger partial charge on any atom is -0.545 e. The van der Waals surface area contributed by atoms with Gasteiger partial charge in [0.15, 0.2) is 0 Å². The van der Waals surface area contributed by atoms with Crippen molar-refractivity contribution in [2.75, 3.05) is 6.61 Å². The maximum Gasteiger partial charge on any atom is 1.00 e. The van der Waals surface area contributed by atoms with Crippen molar-refractivity contribution in [2.24, 2.45) is 0 Å². The third-order valence-corrected chi connectivity index (χ3v) is 6.06. The number of carbonyl (C=O) groups excluding carboxylic acids is 1. The molecule has 0 aliphatic carbocycles. The molecule has 0 aromatic heterocycles. The van der Waals surface area contributed by atoms with Crippen molar-refractivity contribution in [3.8, 4) is 5.75 Å². The molecule has 0 amide bonds. The molecule has 30 heavy (non-hydrogen) atoms. The predicted octanol–water partition coefficient (Wildman–Crippen LogP) is 3.84. The van der Waals surface area contributed by atoms with Gasteiger partial charge in [-0.25, -0.2) is 0 Å². The number of benzene rings is 1. The minimum absolute atomic E-state index is 0. The summed E-state index contributed by atoms with van der Waals surface area (Å²) >= 11 is 0. The molecular formula is C26H43NaO3. The third-order valence-electron chi connectivity index (χ3n) is 6.06. The van der Waals surface area contributed by atoms with Gasteiger partial charge in [0.2, 0.25) is 0 Å². The smallest absolute Gasteiger partial charge is 0.545 e. The van der Waals surface area contributed by atoms with E-state index in [1.165, 1.54) is 77.0 Å². The maximum absolute atomic E-state index is 11.4. The quantitative estimate of drug-likeness (QED) is 0.281. The van der Waals surface area contributed by atoms with Crippen molar-refractivity contribution >= 4 is 5.97 Å². The fourth-order valence-corrected chi connectivity index (χ4v) is 3.87. The fraction of sp³-hybridized carbons (Fsp3) is 0.731. The molecule has 0 radical (unpaired) electrons. The molecule has 1 rings (SSSR count). The van der Waals surface area contributed by atoms with Crippen molar-refractivity contribution in [1.82, 2.24) is 0 Å². The molecule has 1 aromatic carbocycles. The Labute approximate surface area is 207 Å². The zero-order valence-corrected chi connectivity index (χ0v) is 22.4. The number of carbonyl (C=O) groups is 1. The minimum atomic E-state index is -1.16. The number of hydrogen-bond donors (Lipinski definition) is 0. The Morgan fingerprint density at radius 3 is 1.63 bits per heavy atom. The van der Waals surface area contributed by atoms with Crippen LogP contribution in [0.2, 0.25) is 0 Å². The van der Waals surface area contributed by atoms with E-state index in [0.717, 1.165) is 29.5 Å². The number of aryl methyl sites for hydroxylation is 1. The number of aromatic carboxylic acids is 1. The summed E-state index contributed by atoms with van der Waals surface area (Å²) in [6.45, 7) is 8.69. The Kier molecular flexibility index (Phi) is 17.8. The largest absolute Gasteiger partial charge is 1.00 e. The normalized spacial score (nSPS) is 10.7. The summed E-state index contributed by atoms with van der Waals surface area (Å²) in [6, 6.07) is 1.66. The van der Waals surface area contributed by atoms with Crippen LogP contribution < -0.4 is 39.4 Å². The van der Waals surface area contributed by atoms with Crippen LogP contribution >= 0.6 is 0 Å². The van der Waals surface area contributed by atoms with Crippen LogP contribution in [0.5, 0.6) is 5.75 Å². The average molecular weight is 427 g/mol. The molecule has 0 saturated heterocycles.